The van der Waals surface area contributed by atoms with Crippen LogP contribution in [0.25, 0.3) is 22.8 Å². The molecule has 4 atom stereocenters. The molecule has 2 saturated heterocycles. The predicted octanol–water partition coefficient (Wildman–Crippen LogP) is 9.92. The molecule has 4 aliphatic rings. The number of benzene rings is 4. The largest absolute Gasteiger partial charge is 0.345 e. The Bertz CT molecular complexity index is 2670. The maximum atomic E-state index is 12.2. The molecule has 0 aliphatic carbocycles. The molecular formula is C54H68N12O2. The second-order valence-corrected chi connectivity index (χ2v) is 19.6. The third kappa shape index (κ3) is 9.40. The van der Waals surface area contributed by atoms with E-state index < -0.39 is 0 Å². The Hall–Kier alpha value is -6.38. The number of amides is 2. The number of carbonyl (C=O) groups is 2. The summed E-state index contributed by atoms with van der Waals surface area (Å²) in [6.07, 6.45) is 4.88. The van der Waals surface area contributed by atoms with Crippen LogP contribution in [0.4, 0.5) is 23.3 Å². The lowest BCUT2D eigenvalue weighted by atomic mass is 9.86. The highest BCUT2D eigenvalue weighted by Crippen LogP contribution is 2.36. The third-order valence-corrected chi connectivity index (χ3v) is 14.7. The van der Waals surface area contributed by atoms with Gasteiger partial charge in [-0.3, -0.25) is 9.59 Å². The maximum Gasteiger partial charge on any atom is 0.252 e. The van der Waals surface area contributed by atoms with Crippen molar-refractivity contribution in [1.29, 1.82) is 0 Å². The van der Waals surface area contributed by atoms with Crippen LogP contribution in [0, 0.1) is 27.7 Å². The first-order valence-corrected chi connectivity index (χ1v) is 24.7. The second-order valence-electron chi connectivity index (χ2n) is 19.6. The first kappa shape index (κ1) is 46.7. The lowest BCUT2D eigenvalue weighted by Gasteiger charge is -2.30. The van der Waals surface area contributed by atoms with E-state index in [0.717, 1.165) is 87.2 Å². The SMILES string of the molecule is CCn1nc(-c2ccc(C3CCC(C)NC3)c(C)c2)nc1Nc1cc2c(cc1C)C(=O)NC2C.CCn1nc(-c2ccc(C3CCN(C)CC3)c(C)c2)nc1Nc1cc2c(cc1C)C(=O)NC2C. The Morgan fingerprint density at radius 3 is 1.49 bits per heavy atom. The van der Waals surface area contributed by atoms with Gasteiger partial charge in [0.05, 0.1) is 12.1 Å². The van der Waals surface area contributed by atoms with Crippen LogP contribution in [0.2, 0.25) is 0 Å². The molecule has 4 unspecified atom stereocenters. The number of hydrogen-bond donors (Lipinski definition) is 5. The molecule has 6 aromatic rings. The molecule has 5 N–H and O–H groups in total. The lowest BCUT2D eigenvalue weighted by Crippen LogP contribution is -2.35. The summed E-state index contributed by atoms with van der Waals surface area (Å²) in [7, 11) is 2.20. The van der Waals surface area contributed by atoms with Crippen LogP contribution in [0.15, 0.2) is 60.7 Å². The van der Waals surface area contributed by atoms with Gasteiger partial charge >= 0.3 is 0 Å². The van der Waals surface area contributed by atoms with Crippen LogP contribution >= 0.6 is 0 Å². The first-order valence-electron chi connectivity index (χ1n) is 24.7. The zero-order valence-corrected chi connectivity index (χ0v) is 41.5. The topological polar surface area (TPSA) is 159 Å². The molecule has 2 fully saturated rings. The Kier molecular flexibility index (Phi) is 13.3. The molecule has 14 heteroatoms. The zero-order chi connectivity index (χ0) is 48.0. The number of nitrogens with one attached hydrogen (secondary N) is 5. The predicted molar refractivity (Wildman–Crippen MR) is 271 cm³/mol. The van der Waals surface area contributed by atoms with E-state index in [1.165, 1.54) is 47.9 Å². The van der Waals surface area contributed by atoms with Crippen molar-refractivity contribution in [3.8, 4) is 22.8 Å². The van der Waals surface area contributed by atoms with E-state index >= 15 is 0 Å². The summed E-state index contributed by atoms with van der Waals surface area (Å²) < 4.78 is 3.79. The van der Waals surface area contributed by atoms with E-state index in [9.17, 15) is 9.59 Å². The Balaban J connectivity index is 0.000000170. The van der Waals surface area contributed by atoms with Gasteiger partial charge in [0, 0.05) is 59.3 Å². The van der Waals surface area contributed by atoms with E-state index in [2.05, 4.69) is 122 Å². The molecule has 4 aliphatic heterocycles. The molecule has 6 heterocycles. The summed E-state index contributed by atoms with van der Waals surface area (Å²) in [5, 5.41) is 26.1. The van der Waals surface area contributed by atoms with Gasteiger partial charge < -0.3 is 31.5 Å². The maximum absolute atomic E-state index is 12.2. The Morgan fingerprint density at radius 1 is 0.588 bits per heavy atom. The molecule has 2 aromatic heterocycles. The van der Waals surface area contributed by atoms with Crippen LogP contribution in [-0.2, 0) is 13.1 Å². The second kappa shape index (κ2) is 19.3. The number of fused-ring (bicyclic) bond motifs is 2. The fourth-order valence-electron chi connectivity index (χ4n) is 10.5. The smallest absolute Gasteiger partial charge is 0.252 e. The minimum Gasteiger partial charge on any atom is -0.345 e. The number of carbonyl (C=O) groups excluding carboxylic acids is 2. The summed E-state index contributed by atoms with van der Waals surface area (Å²) in [5.41, 5.74) is 15.0. The van der Waals surface area contributed by atoms with E-state index in [1.807, 2.05) is 49.2 Å². The zero-order valence-electron chi connectivity index (χ0n) is 41.5. The summed E-state index contributed by atoms with van der Waals surface area (Å²) in [6, 6.07) is 21.9. The Morgan fingerprint density at radius 2 is 1.06 bits per heavy atom. The first-order chi connectivity index (χ1) is 32.7. The van der Waals surface area contributed by atoms with Crippen molar-refractivity contribution in [2.45, 2.75) is 131 Å². The van der Waals surface area contributed by atoms with Gasteiger partial charge in [0.2, 0.25) is 11.9 Å². The Labute approximate surface area is 401 Å². The average molecular weight is 917 g/mol. The number of anilines is 4. The van der Waals surface area contributed by atoms with Crippen LogP contribution in [-0.4, -0.2) is 79.0 Å². The summed E-state index contributed by atoms with van der Waals surface area (Å²) in [4.78, 5) is 36.5. The van der Waals surface area contributed by atoms with Gasteiger partial charge in [-0.25, -0.2) is 9.36 Å². The number of hydrogen-bond acceptors (Lipinski definition) is 10. The highest BCUT2D eigenvalue weighted by Gasteiger charge is 2.29. The molecule has 356 valence electrons. The summed E-state index contributed by atoms with van der Waals surface area (Å²) in [6.45, 7) is 23.6. The van der Waals surface area contributed by atoms with E-state index in [-0.39, 0.29) is 23.9 Å². The molecule has 0 radical (unpaired) electrons. The fraction of sp³-hybridized carbons (Fsp3) is 0.444. The highest BCUT2D eigenvalue weighted by molar-refractivity contribution is 6.00. The molecule has 68 heavy (non-hydrogen) atoms. The minimum absolute atomic E-state index is 0.00442. The van der Waals surface area contributed by atoms with E-state index in [1.54, 1.807) is 0 Å². The van der Waals surface area contributed by atoms with Crippen molar-refractivity contribution >= 4 is 35.1 Å². The van der Waals surface area contributed by atoms with Gasteiger partial charge in [0.15, 0.2) is 11.6 Å². The molecule has 14 nitrogen and oxygen atoms in total. The standard InChI is InChI=1S/2C27H34N6O/c1-6-33-27(29-24-15-22-18(4)28-26(34)23(22)14-17(24)3)30-25(31-33)20-7-8-21(16(2)13-20)19-9-11-32(5)12-10-19;1-6-33-27(30-24-13-22-18(5)29-26(34)23(22)12-16(24)3)31-25(32-33)19-9-10-21(15(2)11-19)20-8-7-17(4)28-14-20/h7-8,13-15,18-19H,6,9-12H2,1-5H3,(H,28,34)(H,29,30,31);9-13,17-18,20,28H,6-8,14H2,1-5H3,(H,29,34)(H,30,31,32). The number of rotatable bonds is 10. The van der Waals surface area contributed by atoms with Crippen molar-refractivity contribution in [3.63, 3.8) is 0 Å². The highest BCUT2D eigenvalue weighted by atomic mass is 16.2. The van der Waals surface area contributed by atoms with Crippen LogP contribution < -0.4 is 26.6 Å². The van der Waals surface area contributed by atoms with Crippen LogP contribution in [0.1, 0.15) is 149 Å². The molecule has 2 amide bonds. The van der Waals surface area contributed by atoms with Crippen LogP contribution in [0.5, 0.6) is 0 Å². The average Bonchev–Trinajstić information content (AvgIpc) is 4.07. The summed E-state index contributed by atoms with van der Waals surface area (Å²) in [5.74, 6) is 4.05. The fourth-order valence-corrected chi connectivity index (χ4v) is 10.5. The monoisotopic (exact) mass is 917 g/mol. The van der Waals surface area contributed by atoms with Gasteiger partial charge in [-0.05, 0) is 201 Å². The number of likely N-dealkylation sites (tertiary alicyclic amines) is 1. The van der Waals surface area contributed by atoms with Crippen molar-refractivity contribution in [2.75, 3.05) is 37.3 Å². The third-order valence-electron chi connectivity index (χ3n) is 14.7. The lowest BCUT2D eigenvalue weighted by molar-refractivity contribution is 0.0950. The molecule has 0 bridgehead atoms. The van der Waals surface area contributed by atoms with Crippen molar-refractivity contribution < 1.29 is 9.59 Å². The number of piperidine rings is 2. The van der Waals surface area contributed by atoms with E-state index in [0.29, 0.717) is 42.9 Å². The molecular weight excluding hydrogens is 849 g/mol. The normalized spacial score (nSPS) is 20.3. The van der Waals surface area contributed by atoms with Crippen molar-refractivity contribution in [2.24, 2.45) is 0 Å². The number of aryl methyl sites for hydroxylation is 6. The minimum atomic E-state index is -0.00602. The molecule has 4 aromatic carbocycles. The molecule has 0 saturated carbocycles. The molecule has 10 rings (SSSR count). The van der Waals surface area contributed by atoms with Gasteiger partial charge in [0.25, 0.3) is 11.8 Å². The van der Waals surface area contributed by atoms with E-state index in [4.69, 9.17) is 20.2 Å². The number of aromatic nitrogens is 6. The number of nitrogens with zero attached hydrogens (tertiary/aromatic N) is 7. The summed E-state index contributed by atoms with van der Waals surface area (Å²) >= 11 is 0. The van der Waals surface area contributed by atoms with Crippen LogP contribution in [0.3, 0.4) is 0 Å². The molecule has 0 spiro atoms. The quantitative estimate of drug-likeness (QED) is 0.0896. The van der Waals surface area contributed by atoms with Crippen molar-refractivity contribution in [1.82, 2.24) is 50.4 Å². The van der Waals surface area contributed by atoms with Gasteiger partial charge in [-0.2, -0.15) is 9.97 Å². The van der Waals surface area contributed by atoms with Gasteiger partial charge in [-0.15, -0.1) is 10.2 Å². The van der Waals surface area contributed by atoms with Gasteiger partial charge in [0.1, 0.15) is 0 Å². The van der Waals surface area contributed by atoms with Gasteiger partial charge in [-0.1, -0.05) is 24.3 Å². The van der Waals surface area contributed by atoms with Crippen molar-refractivity contribution in [3.05, 3.63) is 116 Å².